The van der Waals surface area contributed by atoms with Crippen LogP contribution in [0.2, 0.25) is 0 Å². The molecule has 0 saturated heterocycles. The molecule has 0 unspecified atom stereocenters. The minimum absolute atomic E-state index is 0.0149. The normalized spacial score (nSPS) is 10.5. The van der Waals surface area contributed by atoms with Gasteiger partial charge in [0.1, 0.15) is 10.8 Å². The largest absolute Gasteiger partial charge is 0.483 e. The molecular formula is C20H20N2O2S. The number of carbonyl (C=O) groups is 1. The number of hydrogen-bond acceptors (Lipinski definition) is 4. The standard InChI is InChI=1S/C20H20N2O2S/c1-13-10-14(2)19(15(3)11-13)24-12-18(23)22-17-6-4-16(5-7-17)20-21-8-9-25-20/h4-11H,12H2,1-3H3,(H,22,23). The van der Waals surface area contributed by atoms with Gasteiger partial charge in [-0.3, -0.25) is 4.79 Å². The summed E-state index contributed by atoms with van der Waals surface area (Å²) in [6.07, 6.45) is 1.78. The van der Waals surface area contributed by atoms with Crippen LogP contribution in [0.1, 0.15) is 16.7 Å². The number of ether oxygens (including phenoxy) is 1. The van der Waals surface area contributed by atoms with Gasteiger partial charge in [-0.05, 0) is 56.2 Å². The molecule has 3 rings (SSSR count). The number of amides is 1. The zero-order valence-electron chi connectivity index (χ0n) is 14.5. The maximum Gasteiger partial charge on any atom is 0.262 e. The van der Waals surface area contributed by atoms with Crippen molar-refractivity contribution >= 4 is 22.9 Å². The number of rotatable bonds is 5. The molecule has 0 saturated carbocycles. The van der Waals surface area contributed by atoms with Crippen molar-refractivity contribution in [2.24, 2.45) is 0 Å². The van der Waals surface area contributed by atoms with Gasteiger partial charge in [-0.1, -0.05) is 17.7 Å². The lowest BCUT2D eigenvalue weighted by atomic mass is 10.1. The van der Waals surface area contributed by atoms with E-state index in [9.17, 15) is 4.79 Å². The third-order valence-electron chi connectivity index (χ3n) is 3.80. The van der Waals surface area contributed by atoms with E-state index in [0.29, 0.717) is 0 Å². The highest BCUT2D eigenvalue weighted by atomic mass is 32.1. The third-order valence-corrected chi connectivity index (χ3v) is 4.62. The summed E-state index contributed by atoms with van der Waals surface area (Å²) in [5.41, 5.74) is 5.05. The fourth-order valence-electron chi connectivity index (χ4n) is 2.79. The van der Waals surface area contributed by atoms with Gasteiger partial charge in [0.05, 0.1) is 0 Å². The molecule has 0 fully saturated rings. The fourth-order valence-corrected chi connectivity index (χ4v) is 3.44. The summed E-state index contributed by atoms with van der Waals surface area (Å²) in [7, 11) is 0. The van der Waals surface area contributed by atoms with E-state index in [1.165, 1.54) is 5.56 Å². The Morgan fingerprint density at radius 1 is 1.12 bits per heavy atom. The van der Waals surface area contributed by atoms with Crippen molar-refractivity contribution in [3.63, 3.8) is 0 Å². The highest BCUT2D eigenvalue weighted by Gasteiger charge is 2.09. The summed E-state index contributed by atoms with van der Waals surface area (Å²) in [6, 6.07) is 11.7. The number of hydrogen-bond donors (Lipinski definition) is 1. The van der Waals surface area contributed by atoms with Crippen LogP contribution in [-0.2, 0) is 4.79 Å². The Kier molecular flexibility index (Phi) is 5.14. The minimum Gasteiger partial charge on any atom is -0.483 e. The molecule has 1 aromatic heterocycles. The Labute approximate surface area is 151 Å². The molecule has 128 valence electrons. The van der Waals surface area contributed by atoms with Gasteiger partial charge in [-0.15, -0.1) is 11.3 Å². The van der Waals surface area contributed by atoms with Crippen molar-refractivity contribution < 1.29 is 9.53 Å². The van der Waals surface area contributed by atoms with E-state index in [0.717, 1.165) is 33.1 Å². The van der Waals surface area contributed by atoms with Crippen LogP contribution >= 0.6 is 11.3 Å². The van der Waals surface area contributed by atoms with E-state index in [4.69, 9.17) is 4.74 Å². The molecule has 1 N–H and O–H groups in total. The molecule has 0 radical (unpaired) electrons. The zero-order valence-corrected chi connectivity index (χ0v) is 15.3. The Hall–Kier alpha value is -2.66. The number of nitrogens with one attached hydrogen (secondary N) is 1. The highest BCUT2D eigenvalue weighted by molar-refractivity contribution is 7.13. The van der Waals surface area contributed by atoms with Gasteiger partial charge in [0.25, 0.3) is 5.91 Å². The first-order chi connectivity index (χ1) is 12.0. The predicted octanol–water partition coefficient (Wildman–Crippen LogP) is 4.75. The summed E-state index contributed by atoms with van der Waals surface area (Å²) in [4.78, 5) is 16.4. The van der Waals surface area contributed by atoms with Crippen LogP contribution in [0.25, 0.3) is 10.6 Å². The third kappa shape index (κ3) is 4.25. The SMILES string of the molecule is Cc1cc(C)c(OCC(=O)Nc2ccc(-c3nccs3)cc2)c(C)c1. The van der Waals surface area contributed by atoms with Crippen molar-refractivity contribution in [2.75, 3.05) is 11.9 Å². The molecule has 5 heteroatoms. The number of nitrogens with zero attached hydrogens (tertiary/aromatic N) is 1. The van der Waals surface area contributed by atoms with Gasteiger partial charge < -0.3 is 10.1 Å². The molecule has 0 aliphatic carbocycles. The van der Waals surface area contributed by atoms with Gasteiger partial charge in [0.2, 0.25) is 0 Å². The smallest absolute Gasteiger partial charge is 0.262 e. The topological polar surface area (TPSA) is 51.2 Å². The van der Waals surface area contributed by atoms with Crippen LogP contribution in [-0.4, -0.2) is 17.5 Å². The first-order valence-electron chi connectivity index (χ1n) is 8.03. The lowest BCUT2D eigenvalue weighted by Crippen LogP contribution is -2.20. The molecule has 4 nitrogen and oxygen atoms in total. The van der Waals surface area contributed by atoms with Crippen LogP contribution in [0, 0.1) is 20.8 Å². The van der Waals surface area contributed by atoms with E-state index in [2.05, 4.69) is 22.4 Å². The Morgan fingerprint density at radius 3 is 2.40 bits per heavy atom. The highest BCUT2D eigenvalue weighted by Crippen LogP contribution is 2.25. The zero-order chi connectivity index (χ0) is 17.8. The average molecular weight is 352 g/mol. The van der Waals surface area contributed by atoms with Crippen molar-refractivity contribution in [3.05, 3.63) is 64.7 Å². The molecule has 0 aliphatic heterocycles. The first-order valence-corrected chi connectivity index (χ1v) is 8.91. The van der Waals surface area contributed by atoms with E-state index in [-0.39, 0.29) is 12.5 Å². The summed E-state index contributed by atoms with van der Waals surface area (Å²) in [6.45, 7) is 6.01. The number of benzene rings is 2. The van der Waals surface area contributed by atoms with Crippen molar-refractivity contribution in [3.8, 4) is 16.3 Å². The van der Waals surface area contributed by atoms with Crippen molar-refractivity contribution in [1.82, 2.24) is 4.98 Å². The quantitative estimate of drug-likeness (QED) is 0.721. The van der Waals surface area contributed by atoms with Crippen molar-refractivity contribution in [2.45, 2.75) is 20.8 Å². The number of carbonyl (C=O) groups excluding carboxylic acids is 1. The average Bonchev–Trinajstić information content (AvgIpc) is 3.09. The lowest BCUT2D eigenvalue weighted by molar-refractivity contribution is -0.118. The maximum absolute atomic E-state index is 12.1. The number of thiazole rings is 1. The fraction of sp³-hybridized carbons (Fsp3) is 0.200. The maximum atomic E-state index is 12.1. The minimum atomic E-state index is -0.179. The van der Waals surface area contributed by atoms with Crippen LogP contribution in [0.3, 0.4) is 0 Å². The van der Waals surface area contributed by atoms with Gasteiger partial charge in [0.15, 0.2) is 6.61 Å². The van der Waals surface area contributed by atoms with Crippen molar-refractivity contribution in [1.29, 1.82) is 0 Å². The van der Waals surface area contributed by atoms with Gasteiger partial charge in [-0.2, -0.15) is 0 Å². The Balaban J connectivity index is 1.60. The lowest BCUT2D eigenvalue weighted by Gasteiger charge is -2.13. The second-order valence-corrected chi connectivity index (χ2v) is 6.87. The summed E-state index contributed by atoms with van der Waals surface area (Å²) < 4.78 is 5.72. The van der Waals surface area contributed by atoms with Crippen LogP contribution in [0.4, 0.5) is 5.69 Å². The molecule has 0 aliphatic rings. The molecule has 1 amide bonds. The van der Waals surface area contributed by atoms with Gasteiger partial charge in [0, 0.05) is 22.8 Å². The predicted molar refractivity (Wildman–Crippen MR) is 102 cm³/mol. The van der Waals surface area contributed by atoms with E-state index >= 15 is 0 Å². The molecule has 0 spiro atoms. The van der Waals surface area contributed by atoms with Gasteiger partial charge in [-0.25, -0.2) is 4.98 Å². The molecule has 1 heterocycles. The van der Waals surface area contributed by atoms with Crippen LogP contribution < -0.4 is 10.1 Å². The summed E-state index contributed by atoms with van der Waals surface area (Å²) in [5.74, 6) is 0.598. The molecule has 0 bridgehead atoms. The van der Waals surface area contributed by atoms with Gasteiger partial charge >= 0.3 is 0 Å². The Bertz CT molecular complexity index is 848. The molecular weight excluding hydrogens is 332 g/mol. The summed E-state index contributed by atoms with van der Waals surface area (Å²) in [5, 5.41) is 5.76. The van der Waals surface area contributed by atoms with E-state index < -0.39 is 0 Å². The van der Waals surface area contributed by atoms with E-state index in [1.54, 1.807) is 17.5 Å². The first kappa shape index (κ1) is 17.2. The second-order valence-electron chi connectivity index (χ2n) is 5.98. The monoisotopic (exact) mass is 352 g/mol. The molecule has 25 heavy (non-hydrogen) atoms. The second kappa shape index (κ2) is 7.49. The van der Waals surface area contributed by atoms with Crippen LogP contribution in [0.5, 0.6) is 5.75 Å². The molecule has 0 atom stereocenters. The van der Waals surface area contributed by atoms with Crippen LogP contribution in [0.15, 0.2) is 48.0 Å². The summed E-state index contributed by atoms with van der Waals surface area (Å²) >= 11 is 1.59. The van der Waals surface area contributed by atoms with E-state index in [1.807, 2.05) is 50.4 Å². The Morgan fingerprint density at radius 2 is 1.80 bits per heavy atom. The number of aryl methyl sites for hydroxylation is 3. The number of aromatic nitrogens is 1. The molecule has 3 aromatic rings. The number of anilines is 1. The molecule has 2 aromatic carbocycles.